The fourth-order valence-corrected chi connectivity index (χ4v) is 3.18. The highest BCUT2D eigenvalue weighted by molar-refractivity contribution is 9.09. The molecule has 3 nitrogen and oxygen atoms in total. The van der Waals surface area contributed by atoms with Crippen LogP contribution in [0.1, 0.15) is 13.3 Å². The fraction of sp³-hybridized carbons (Fsp3) is 1.00. The summed E-state index contributed by atoms with van der Waals surface area (Å²) in [6, 6.07) is 0. The Balaban J connectivity index is 2.42. The number of nitrogens with zero attached hydrogens (tertiary/aromatic N) is 1. The third kappa shape index (κ3) is 4.28. The molecule has 0 spiro atoms. The second kappa shape index (κ2) is 5.47. The van der Waals surface area contributed by atoms with Crippen LogP contribution >= 0.6 is 15.9 Å². The van der Waals surface area contributed by atoms with E-state index in [0.29, 0.717) is 24.0 Å². The van der Waals surface area contributed by atoms with Crippen molar-refractivity contribution in [2.45, 2.75) is 13.3 Å². The Morgan fingerprint density at radius 2 is 2.07 bits per heavy atom. The van der Waals surface area contributed by atoms with E-state index < -0.39 is 9.84 Å². The molecule has 0 aliphatic carbocycles. The van der Waals surface area contributed by atoms with Gasteiger partial charge in [0.15, 0.2) is 9.84 Å². The van der Waals surface area contributed by atoms with E-state index in [1.807, 2.05) is 0 Å². The van der Waals surface area contributed by atoms with Crippen LogP contribution in [0.4, 0.5) is 0 Å². The van der Waals surface area contributed by atoms with E-state index in [0.717, 1.165) is 24.8 Å². The highest BCUT2D eigenvalue weighted by Crippen LogP contribution is 2.09. The van der Waals surface area contributed by atoms with Crippen molar-refractivity contribution in [1.29, 1.82) is 0 Å². The summed E-state index contributed by atoms with van der Waals surface area (Å²) in [7, 11) is -2.75. The highest BCUT2D eigenvalue weighted by Gasteiger charge is 2.19. The minimum atomic E-state index is -2.75. The van der Waals surface area contributed by atoms with Crippen LogP contribution in [0.15, 0.2) is 0 Å². The minimum absolute atomic E-state index is 0.335. The molecule has 0 aromatic heterocycles. The van der Waals surface area contributed by atoms with Crippen LogP contribution in [0.25, 0.3) is 0 Å². The van der Waals surface area contributed by atoms with Crippen molar-refractivity contribution < 1.29 is 8.42 Å². The van der Waals surface area contributed by atoms with E-state index in [2.05, 4.69) is 27.8 Å². The molecule has 1 aliphatic heterocycles. The van der Waals surface area contributed by atoms with E-state index in [1.165, 1.54) is 0 Å². The SMILES string of the molecule is CC(CBr)CN1CCCS(=O)(=O)CC1. The van der Waals surface area contributed by atoms with Crippen molar-refractivity contribution in [3.8, 4) is 0 Å². The quantitative estimate of drug-likeness (QED) is 0.729. The smallest absolute Gasteiger partial charge is 0.151 e. The van der Waals surface area contributed by atoms with Crippen LogP contribution in [0, 0.1) is 5.92 Å². The van der Waals surface area contributed by atoms with E-state index in [-0.39, 0.29) is 0 Å². The number of alkyl halides is 1. The van der Waals surface area contributed by atoms with Gasteiger partial charge in [-0.05, 0) is 18.9 Å². The summed E-state index contributed by atoms with van der Waals surface area (Å²) in [4.78, 5) is 2.26. The van der Waals surface area contributed by atoms with Gasteiger partial charge in [0.1, 0.15) is 0 Å². The van der Waals surface area contributed by atoms with Crippen molar-refractivity contribution in [1.82, 2.24) is 4.90 Å². The Morgan fingerprint density at radius 3 is 2.71 bits per heavy atom. The Morgan fingerprint density at radius 1 is 1.36 bits per heavy atom. The van der Waals surface area contributed by atoms with Crippen molar-refractivity contribution in [2.75, 3.05) is 36.5 Å². The van der Waals surface area contributed by atoms with Gasteiger partial charge in [-0.1, -0.05) is 22.9 Å². The van der Waals surface area contributed by atoms with E-state index >= 15 is 0 Å². The van der Waals surface area contributed by atoms with Gasteiger partial charge in [0.05, 0.1) is 11.5 Å². The van der Waals surface area contributed by atoms with Gasteiger partial charge < -0.3 is 4.90 Å². The maximum Gasteiger partial charge on any atom is 0.151 e. The van der Waals surface area contributed by atoms with Gasteiger partial charge in [-0.2, -0.15) is 0 Å². The summed E-state index contributed by atoms with van der Waals surface area (Å²) >= 11 is 3.44. The predicted molar refractivity (Wildman–Crippen MR) is 62.7 cm³/mol. The molecule has 84 valence electrons. The number of hydrogen-bond acceptors (Lipinski definition) is 3. The molecule has 0 saturated carbocycles. The lowest BCUT2D eigenvalue weighted by atomic mass is 10.2. The molecule has 0 radical (unpaired) electrons. The first-order valence-electron chi connectivity index (χ1n) is 5.02. The van der Waals surface area contributed by atoms with Gasteiger partial charge in [-0.15, -0.1) is 0 Å². The number of rotatable bonds is 3. The molecular weight excluding hydrogens is 266 g/mol. The molecule has 0 amide bonds. The highest BCUT2D eigenvalue weighted by atomic mass is 79.9. The second-order valence-electron chi connectivity index (χ2n) is 4.07. The first kappa shape index (κ1) is 12.5. The molecular formula is C9H18BrNO2S. The van der Waals surface area contributed by atoms with E-state index in [9.17, 15) is 8.42 Å². The molecule has 1 rings (SSSR count). The molecule has 0 aromatic carbocycles. The first-order valence-corrected chi connectivity index (χ1v) is 7.96. The summed E-state index contributed by atoms with van der Waals surface area (Å²) < 4.78 is 22.7. The van der Waals surface area contributed by atoms with Gasteiger partial charge in [0.25, 0.3) is 0 Å². The standard InChI is InChI=1S/C9H18BrNO2S/c1-9(7-10)8-11-3-2-5-14(12,13)6-4-11/h9H,2-8H2,1H3. The third-order valence-corrected chi connectivity index (χ3v) is 5.30. The third-order valence-electron chi connectivity index (χ3n) is 2.48. The maximum absolute atomic E-state index is 11.3. The normalized spacial score (nSPS) is 25.6. The monoisotopic (exact) mass is 283 g/mol. The number of halogens is 1. The van der Waals surface area contributed by atoms with Crippen LogP contribution in [-0.2, 0) is 9.84 Å². The van der Waals surface area contributed by atoms with Gasteiger partial charge in [0, 0.05) is 18.4 Å². The first-order chi connectivity index (χ1) is 6.53. The zero-order valence-corrected chi connectivity index (χ0v) is 11.0. The largest absolute Gasteiger partial charge is 0.302 e. The molecule has 1 heterocycles. The van der Waals surface area contributed by atoms with Gasteiger partial charge in [-0.25, -0.2) is 8.42 Å². The Kier molecular flexibility index (Phi) is 4.87. The van der Waals surface area contributed by atoms with Crippen LogP contribution < -0.4 is 0 Å². The van der Waals surface area contributed by atoms with Crippen LogP contribution in [0.5, 0.6) is 0 Å². The minimum Gasteiger partial charge on any atom is -0.302 e. The summed E-state index contributed by atoms with van der Waals surface area (Å²) in [5.74, 6) is 1.30. The Hall–Kier alpha value is 0.390. The molecule has 0 aromatic rings. The van der Waals surface area contributed by atoms with Gasteiger partial charge in [0.2, 0.25) is 0 Å². The lowest BCUT2D eigenvalue weighted by molar-refractivity contribution is 0.265. The van der Waals surface area contributed by atoms with Crippen LogP contribution in [-0.4, -0.2) is 49.8 Å². The lowest BCUT2D eigenvalue weighted by Crippen LogP contribution is -2.31. The molecule has 1 saturated heterocycles. The second-order valence-corrected chi connectivity index (χ2v) is 7.02. The van der Waals surface area contributed by atoms with Crippen molar-refractivity contribution >= 4 is 25.8 Å². The summed E-state index contributed by atoms with van der Waals surface area (Å²) in [6.45, 7) is 4.81. The number of hydrogen-bond donors (Lipinski definition) is 0. The Bertz CT molecular complexity index is 266. The molecule has 5 heteroatoms. The van der Waals surface area contributed by atoms with Crippen molar-refractivity contribution in [3.63, 3.8) is 0 Å². The van der Waals surface area contributed by atoms with Gasteiger partial charge in [-0.3, -0.25) is 0 Å². The van der Waals surface area contributed by atoms with Crippen LogP contribution in [0.3, 0.4) is 0 Å². The molecule has 1 unspecified atom stereocenters. The van der Waals surface area contributed by atoms with Crippen LogP contribution in [0.2, 0.25) is 0 Å². The summed E-state index contributed by atoms with van der Waals surface area (Å²) in [5, 5.41) is 0.982. The number of sulfone groups is 1. The van der Waals surface area contributed by atoms with E-state index in [1.54, 1.807) is 0 Å². The molecule has 14 heavy (non-hydrogen) atoms. The molecule has 0 N–H and O–H groups in total. The predicted octanol–water partition coefficient (Wildman–Crippen LogP) is 1.14. The molecule has 1 aliphatic rings. The van der Waals surface area contributed by atoms with Gasteiger partial charge >= 0.3 is 0 Å². The topological polar surface area (TPSA) is 37.4 Å². The molecule has 1 atom stereocenters. The van der Waals surface area contributed by atoms with Crippen molar-refractivity contribution in [3.05, 3.63) is 0 Å². The fourth-order valence-electron chi connectivity index (χ4n) is 1.66. The van der Waals surface area contributed by atoms with Crippen molar-refractivity contribution in [2.24, 2.45) is 5.92 Å². The average molecular weight is 284 g/mol. The molecule has 0 bridgehead atoms. The zero-order chi connectivity index (χ0) is 10.6. The maximum atomic E-state index is 11.3. The Labute approximate surface area is 94.9 Å². The lowest BCUT2D eigenvalue weighted by Gasteiger charge is -2.22. The average Bonchev–Trinajstić information content (AvgIpc) is 2.28. The zero-order valence-electron chi connectivity index (χ0n) is 8.58. The summed E-state index contributed by atoms with van der Waals surface area (Å²) in [5.41, 5.74) is 0. The summed E-state index contributed by atoms with van der Waals surface area (Å²) in [6.07, 6.45) is 0.789. The molecule has 1 fully saturated rings. The van der Waals surface area contributed by atoms with E-state index in [4.69, 9.17) is 0 Å².